The number of nitrogens with zero attached hydrogens (tertiary/aromatic N) is 2. The zero-order valence-corrected chi connectivity index (χ0v) is 19.1. The van der Waals surface area contributed by atoms with E-state index >= 15 is 0 Å². The molecule has 0 radical (unpaired) electrons. The monoisotopic (exact) mass is 447 g/mol. The van der Waals surface area contributed by atoms with Crippen LogP contribution in [0.3, 0.4) is 0 Å². The highest BCUT2D eigenvalue weighted by Gasteiger charge is 2.38. The molecule has 5 nitrogen and oxygen atoms in total. The average molecular weight is 448 g/mol. The van der Waals surface area contributed by atoms with Crippen LogP contribution in [0.4, 0.5) is 4.39 Å². The highest BCUT2D eigenvalue weighted by Crippen LogP contribution is 2.34. The fraction of sp³-hybridized carbons (Fsp3) is 0.407. The van der Waals surface area contributed by atoms with E-state index in [1.165, 1.54) is 17.2 Å². The first-order valence-corrected chi connectivity index (χ1v) is 11.8. The molecule has 0 aliphatic carbocycles. The van der Waals surface area contributed by atoms with Gasteiger partial charge in [-0.25, -0.2) is 4.39 Å². The van der Waals surface area contributed by atoms with Gasteiger partial charge < -0.3 is 10.2 Å². The molecule has 6 heteroatoms. The van der Waals surface area contributed by atoms with E-state index in [-0.39, 0.29) is 17.6 Å². The molecule has 172 valence electrons. The van der Waals surface area contributed by atoms with Crippen molar-refractivity contribution in [3.63, 3.8) is 0 Å². The highest BCUT2D eigenvalue weighted by atomic mass is 19.1. The van der Waals surface area contributed by atoms with Gasteiger partial charge in [0, 0.05) is 24.4 Å². The normalized spacial score (nSPS) is 21.9. The number of carbonyl (C=O) groups is 2. The molecular formula is C27H30FN3O2. The third-order valence-corrected chi connectivity index (χ3v) is 7.42. The molecule has 0 aromatic heterocycles. The molecule has 3 heterocycles. The van der Waals surface area contributed by atoms with Crippen LogP contribution in [-0.4, -0.2) is 40.7 Å². The summed E-state index contributed by atoms with van der Waals surface area (Å²) in [4.78, 5) is 29.5. The second kappa shape index (κ2) is 8.75. The summed E-state index contributed by atoms with van der Waals surface area (Å²) in [5.41, 5.74) is 5.94. The number of piperidine rings is 2. The fourth-order valence-corrected chi connectivity index (χ4v) is 5.43. The number of carbonyl (C=O) groups excluding carboxylic acids is 2. The molecule has 2 aromatic rings. The van der Waals surface area contributed by atoms with Crippen LogP contribution in [0.5, 0.6) is 0 Å². The maximum absolute atomic E-state index is 13.4. The summed E-state index contributed by atoms with van der Waals surface area (Å²) in [6.07, 6.45) is 3.45. The quantitative estimate of drug-likeness (QED) is 0.762. The van der Waals surface area contributed by atoms with Gasteiger partial charge in [-0.1, -0.05) is 24.8 Å². The first kappa shape index (κ1) is 21.8. The summed E-state index contributed by atoms with van der Waals surface area (Å²) >= 11 is 0. The van der Waals surface area contributed by atoms with E-state index in [1.54, 1.807) is 11.0 Å². The second-order valence-electron chi connectivity index (χ2n) is 9.62. The molecule has 33 heavy (non-hydrogen) atoms. The van der Waals surface area contributed by atoms with Crippen LogP contribution in [0.25, 0.3) is 0 Å². The third kappa shape index (κ3) is 4.32. The number of fused-ring (bicyclic) bond motifs is 1. The topological polar surface area (TPSA) is 52.7 Å². The second-order valence-corrected chi connectivity index (χ2v) is 9.62. The van der Waals surface area contributed by atoms with Crippen molar-refractivity contribution in [2.45, 2.75) is 57.7 Å². The number of likely N-dealkylation sites (tertiary alicyclic amines) is 1. The number of aryl methyl sites for hydroxylation is 1. The van der Waals surface area contributed by atoms with Crippen molar-refractivity contribution in [3.8, 4) is 0 Å². The van der Waals surface area contributed by atoms with Crippen molar-refractivity contribution in [2.24, 2.45) is 0 Å². The molecule has 5 rings (SSSR count). The maximum Gasteiger partial charge on any atom is 0.255 e. The number of hydrogen-bond acceptors (Lipinski definition) is 3. The molecule has 2 saturated heterocycles. The Morgan fingerprint density at radius 3 is 2.61 bits per heavy atom. The van der Waals surface area contributed by atoms with Crippen LogP contribution in [0.1, 0.15) is 64.2 Å². The molecule has 1 unspecified atom stereocenters. The van der Waals surface area contributed by atoms with Crippen molar-refractivity contribution in [3.05, 3.63) is 82.3 Å². The lowest BCUT2D eigenvalue weighted by atomic mass is 9.87. The SMILES string of the molecule is C=C1CCC(N2Cc3cc(C4CCN(Cc5ccc(F)cc5C)CC4)ccc3C2=O)C(=O)N1. The van der Waals surface area contributed by atoms with Crippen molar-refractivity contribution in [1.82, 2.24) is 15.1 Å². The van der Waals surface area contributed by atoms with E-state index in [4.69, 9.17) is 0 Å². The average Bonchev–Trinajstić information content (AvgIpc) is 3.12. The lowest BCUT2D eigenvalue weighted by Gasteiger charge is -2.32. The predicted molar refractivity (Wildman–Crippen MR) is 125 cm³/mol. The molecule has 2 amide bonds. The number of allylic oxidation sites excluding steroid dienone is 1. The number of amides is 2. The Labute approximate surface area is 194 Å². The minimum atomic E-state index is -0.419. The summed E-state index contributed by atoms with van der Waals surface area (Å²) in [7, 11) is 0. The maximum atomic E-state index is 13.4. The third-order valence-electron chi connectivity index (χ3n) is 7.42. The van der Waals surface area contributed by atoms with Gasteiger partial charge in [0.2, 0.25) is 5.91 Å². The van der Waals surface area contributed by atoms with Gasteiger partial charge in [-0.05, 0) is 92.1 Å². The smallest absolute Gasteiger partial charge is 0.255 e. The molecule has 2 fully saturated rings. The number of rotatable bonds is 4. The summed E-state index contributed by atoms with van der Waals surface area (Å²) < 4.78 is 13.4. The lowest BCUT2D eigenvalue weighted by molar-refractivity contribution is -0.126. The van der Waals surface area contributed by atoms with Gasteiger partial charge in [0.15, 0.2) is 0 Å². The first-order chi connectivity index (χ1) is 15.9. The largest absolute Gasteiger partial charge is 0.329 e. The van der Waals surface area contributed by atoms with Gasteiger partial charge >= 0.3 is 0 Å². The van der Waals surface area contributed by atoms with Gasteiger partial charge in [0.25, 0.3) is 5.91 Å². The Balaban J connectivity index is 1.23. The summed E-state index contributed by atoms with van der Waals surface area (Å²) in [5, 5.41) is 2.79. The molecule has 1 N–H and O–H groups in total. The van der Waals surface area contributed by atoms with Gasteiger partial charge in [0.05, 0.1) is 0 Å². The highest BCUT2D eigenvalue weighted by molar-refractivity contribution is 6.01. The van der Waals surface area contributed by atoms with Crippen molar-refractivity contribution < 1.29 is 14.0 Å². The zero-order chi connectivity index (χ0) is 23.1. The molecule has 0 bridgehead atoms. The van der Waals surface area contributed by atoms with Crippen LogP contribution >= 0.6 is 0 Å². The first-order valence-electron chi connectivity index (χ1n) is 11.8. The Bertz CT molecular complexity index is 1120. The molecule has 1 atom stereocenters. The molecular weight excluding hydrogens is 417 g/mol. The summed E-state index contributed by atoms with van der Waals surface area (Å²) in [5.74, 6) is 0.106. The molecule has 2 aromatic carbocycles. The molecule has 3 aliphatic rings. The van der Waals surface area contributed by atoms with Crippen LogP contribution in [0.15, 0.2) is 48.7 Å². The minimum absolute atomic E-state index is 0.0475. The van der Waals surface area contributed by atoms with E-state index in [0.29, 0.717) is 25.3 Å². The van der Waals surface area contributed by atoms with Crippen molar-refractivity contribution in [1.29, 1.82) is 0 Å². The van der Waals surface area contributed by atoms with Crippen LogP contribution < -0.4 is 5.32 Å². The summed E-state index contributed by atoms with van der Waals surface area (Å²) in [6, 6.07) is 10.8. The molecule has 0 saturated carbocycles. The Morgan fingerprint density at radius 1 is 1.09 bits per heavy atom. The zero-order valence-electron chi connectivity index (χ0n) is 19.1. The van der Waals surface area contributed by atoms with E-state index < -0.39 is 6.04 Å². The van der Waals surface area contributed by atoms with Crippen LogP contribution in [-0.2, 0) is 17.9 Å². The van der Waals surface area contributed by atoms with Crippen molar-refractivity contribution in [2.75, 3.05) is 13.1 Å². The number of benzene rings is 2. The minimum Gasteiger partial charge on any atom is -0.329 e. The fourth-order valence-electron chi connectivity index (χ4n) is 5.43. The standard InChI is InChI=1S/C27H30FN3O2/c1-17-13-23(28)6-4-21(17)15-30-11-9-19(10-12-30)20-5-7-24-22(14-20)16-31(27(24)33)25-8-3-18(2)29-26(25)32/h4-7,13-14,19,25H,2-3,8-12,15-16H2,1H3,(H,29,32). The summed E-state index contributed by atoms with van der Waals surface area (Å²) in [6.45, 7) is 9.13. The van der Waals surface area contributed by atoms with Crippen molar-refractivity contribution >= 4 is 11.8 Å². The van der Waals surface area contributed by atoms with Gasteiger partial charge in [-0.3, -0.25) is 14.5 Å². The van der Waals surface area contributed by atoms with E-state index in [0.717, 1.165) is 54.9 Å². The number of nitrogens with one attached hydrogen (secondary N) is 1. The Morgan fingerprint density at radius 2 is 1.88 bits per heavy atom. The Hall–Kier alpha value is -2.99. The van der Waals surface area contributed by atoms with E-state index in [1.807, 2.05) is 19.1 Å². The van der Waals surface area contributed by atoms with Gasteiger partial charge in [-0.2, -0.15) is 0 Å². The molecule has 3 aliphatic heterocycles. The number of halogens is 1. The lowest BCUT2D eigenvalue weighted by Crippen LogP contribution is -2.49. The predicted octanol–water partition coefficient (Wildman–Crippen LogP) is 4.26. The van der Waals surface area contributed by atoms with E-state index in [2.05, 4.69) is 28.9 Å². The Kier molecular flexibility index (Phi) is 5.79. The van der Waals surface area contributed by atoms with Crippen LogP contribution in [0.2, 0.25) is 0 Å². The molecule has 0 spiro atoms. The number of hydrogen-bond donors (Lipinski definition) is 1. The van der Waals surface area contributed by atoms with E-state index in [9.17, 15) is 14.0 Å². The van der Waals surface area contributed by atoms with Gasteiger partial charge in [0.1, 0.15) is 11.9 Å². The van der Waals surface area contributed by atoms with Crippen LogP contribution in [0, 0.1) is 12.7 Å². The van der Waals surface area contributed by atoms with Gasteiger partial charge in [-0.15, -0.1) is 0 Å².